The van der Waals surface area contributed by atoms with Gasteiger partial charge in [-0.2, -0.15) is 5.26 Å². The van der Waals surface area contributed by atoms with E-state index in [2.05, 4.69) is 10.1 Å². The average molecular weight is 170 g/mol. The fourth-order valence-corrected chi connectivity index (χ4v) is 0.648. The Balaban J connectivity index is 3.88. The standard InChI is InChI=1S/C8H14N2O2/c1-4-12-8(11)10-7(5-9)6(2)3/h6-7H,4H2,1-3H3,(H,10,11). The molecule has 12 heavy (non-hydrogen) atoms. The molecule has 0 heterocycles. The highest BCUT2D eigenvalue weighted by atomic mass is 16.5. The van der Waals surface area contributed by atoms with Gasteiger partial charge in [0, 0.05) is 0 Å². The van der Waals surface area contributed by atoms with Gasteiger partial charge in [-0.05, 0) is 12.8 Å². The maximum atomic E-state index is 10.8. The average Bonchev–Trinajstić information content (AvgIpc) is 2.00. The molecule has 0 aromatic heterocycles. The molecule has 0 aliphatic heterocycles. The Hall–Kier alpha value is -1.24. The lowest BCUT2D eigenvalue weighted by Gasteiger charge is -2.13. The second-order valence-corrected chi connectivity index (χ2v) is 2.72. The second-order valence-electron chi connectivity index (χ2n) is 2.72. The van der Waals surface area contributed by atoms with Gasteiger partial charge in [-0.25, -0.2) is 4.79 Å². The molecule has 68 valence electrons. The van der Waals surface area contributed by atoms with Crippen molar-refractivity contribution in [3.63, 3.8) is 0 Å². The van der Waals surface area contributed by atoms with Gasteiger partial charge in [-0.3, -0.25) is 0 Å². The normalized spacial score (nSPS) is 11.9. The number of ether oxygens (including phenoxy) is 1. The molecule has 1 atom stereocenters. The molecular formula is C8H14N2O2. The van der Waals surface area contributed by atoms with Crippen molar-refractivity contribution in [1.29, 1.82) is 5.26 Å². The predicted octanol–water partition coefficient (Wildman–Crippen LogP) is 1.28. The molecule has 1 N–H and O–H groups in total. The molecule has 4 nitrogen and oxygen atoms in total. The molecule has 0 saturated heterocycles. The van der Waals surface area contributed by atoms with Gasteiger partial charge >= 0.3 is 6.09 Å². The quantitative estimate of drug-likeness (QED) is 0.694. The summed E-state index contributed by atoms with van der Waals surface area (Å²) in [7, 11) is 0. The van der Waals surface area contributed by atoms with Gasteiger partial charge in [0.05, 0.1) is 12.7 Å². The zero-order chi connectivity index (χ0) is 9.56. The van der Waals surface area contributed by atoms with Crippen LogP contribution in [-0.4, -0.2) is 18.7 Å². The number of alkyl carbamates (subject to hydrolysis) is 1. The third kappa shape index (κ3) is 3.81. The first kappa shape index (κ1) is 10.8. The molecule has 0 aliphatic rings. The zero-order valence-electron chi connectivity index (χ0n) is 7.63. The summed E-state index contributed by atoms with van der Waals surface area (Å²) in [6.07, 6.45) is -0.530. The van der Waals surface area contributed by atoms with Crippen molar-refractivity contribution in [3.8, 4) is 6.07 Å². The van der Waals surface area contributed by atoms with E-state index in [1.807, 2.05) is 19.9 Å². The first-order valence-corrected chi connectivity index (χ1v) is 3.94. The second kappa shape index (κ2) is 5.42. The van der Waals surface area contributed by atoms with Crippen LogP contribution in [-0.2, 0) is 4.74 Å². The molecule has 0 fully saturated rings. The van der Waals surface area contributed by atoms with Crippen LogP contribution < -0.4 is 5.32 Å². The maximum absolute atomic E-state index is 10.8. The monoisotopic (exact) mass is 170 g/mol. The topological polar surface area (TPSA) is 62.1 Å². The van der Waals surface area contributed by atoms with Crippen molar-refractivity contribution in [3.05, 3.63) is 0 Å². The summed E-state index contributed by atoms with van der Waals surface area (Å²) in [5, 5.41) is 11.0. The number of nitriles is 1. The van der Waals surface area contributed by atoms with Gasteiger partial charge in [-0.15, -0.1) is 0 Å². The van der Waals surface area contributed by atoms with E-state index in [4.69, 9.17) is 5.26 Å². The fraction of sp³-hybridized carbons (Fsp3) is 0.750. The van der Waals surface area contributed by atoms with Crippen LogP contribution in [0.3, 0.4) is 0 Å². The molecule has 0 saturated carbocycles. The van der Waals surface area contributed by atoms with Gasteiger partial charge in [0.1, 0.15) is 6.04 Å². The van der Waals surface area contributed by atoms with Crippen molar-refractivity contribution in [2.24, 2.45) is 5.92 Å². The molecule has 0 rings (SSSR count). The fourth-order valence-electron chi connectivity index (χ4n) is 0.648. The molecule has 0 aliphatic carbocycles. The van der Waals surface area contributed by atoms with E-state index < -0.39 is 12.1 Å². The summed E-state index contributed by atoms with van der Waals surface area (Å²) in [5.74, 6) is 0.0967. The number of hydrogen-bond donors (Lipinski definition) is 1. The van der Waals surface area contributed by atoms with Gasteiger partial charge < -0.3 is 10.1 Å². The number of carbonyl (C=O) groups excluding carboxylic acids is 1. The maximum Gasteiger partial charge on any atom is 0.408 e. The third-order valence-electron chi connectivity index (χ3n) is 1.35. The highest BCUT2D eigenvalue weighted by molar-refractivity contribution is 5.68. The number of hydrogen-bond acceptors (Lipinski definition) is 3. The molecule has 1 amide bonds. The van der Waals surface area contributed by atoms with E-state index in [1.54, 1.807) is 6.92 Å². The Morgan fingerprint density at radius 2 is 2.25 bits per heavy atom. The smallest absolute Gasteiger partial charge is 0.408 e. The van der Waals surface area contributed by atoms with Crippen LogP contribution >= 0.6 is 0 Å². The SMILES string of the molecule is CCOC(=O)NC(C#N)C(C)C. The van der Waals surface area contributed by atoms with Crippen molar-refractivity contribution >= 4 is 6.09 Å². The van der Waals surface area contributed by atoms with Crippen LogP contribution in [0.4, 0.5) is 4.79 Å². The van der Waals surface area contributed by atoms with E-state index >= 15 is 0 Å². The third-order valence-corrected chi connectivity index (χ3v) is 1.35. The van der Waals surface area contributed by atoms with Gasteiger partial charge in [0.2, 0.25) is 0 Å². The predicted molar refractivity (Wildman–Crippen MR) is 44.4 cm³/mol. The molecule has 0 spiro atoms. The summed E-state index contributed by atoms with van der Waals surface area (Å²) in [4.78, 5) is 10.8. The Morgan fingerprint density at radius 3 is 2.58 bits per heavy atom. The summed E-state index contributed by atoms with van der Waals surface area (Å²) in [5.41, 5.74) is 0. The summed E-state index contributed by atoms with van der Waals surface area (Å²) < 4.78 is 4.62. The van der Waals surface area contributed by atoms with E-state index in [0.717, 1.165) is 0 Å². The Labute approximate surface area is 72.5 Å². The van der Waals surface area contributed by atoms with Crippen LogP contribution in [0.1, 0.15) is 20.8 Å². The minimum absolute atomic E-state index is 0.0967. The van der Waals surface area contributed by atoms with Crippen molar-refractivity contribution in [2.75, 3.05) is 6.61 Å². The van der Waals surface area contributed by atoms with Gasteiger partial charge in [-0.1, -0.05) is 13.8 Å². The van der Waals surface area contributed by atoms with E-state index in [1.165, 1.54) is 0 Å². The Kier molecular flexibility index (Phi) is 4.86. The largest absolute Gasteiger partial charge is 0.450 e. The first-order chi connectivity index (χ1) is 5.61. The number of carbonyl (C=O) groups is 1. The van der Waals surface area contributed by atoms with Gasteiger partial charge in [0.25, 0.3) is 0 Å². The van der Waals surface area contributed by atoms with Crippen LogP contribution in [0, 0.1) is 17.2 Å². The van der Waals surface area contributed by atoms with Crippen molar-refractivity contribution in [2.45, 2.75) is 26.8 Å². The molecule has 0 bridgehead atoms. The van der Waals surface area contributed by atoms with Crippen LogP contribution in [0.2, 0.25) is 0 Å². The van der Waals surface area contributed by atoms with Crippen molar-refractivity contribution in [1.82, 2.24) is 5.32 Å². The first-order valence-electron chi connectivity index (χ1n) is 3.94. The van der Waals surface area contributed by atoms with Gasteiger partial charge in [0.15, 0.2) is 0 Å². The van der Waals surface area contributed by atoms with Crippen LogP contribution in [0.5, 0.6) is 0 Å². The molecule has 0 aromatic carbocycles. The molecule has 0 radical (unpaired) electrons. The number of nitrogens with zero attached hydrogens (tertiary/aromatic N) is 1. The Morgan fingerprint density at radius 1 is 1.67 bits per heavy atom. The minimum atomic E-state index is -0.530. The molecule has 4 heteroatoms. The molecule has 1 unspecified atom stereocenters. The highest BCUT2D eigenvalue weighted by Gasteiger charge is 2.14. The lowest BCUT2D eigenvalue weighted by Crippen LogP contribution is -2.37. The minimum Gasteiger partial charge on any atom is -0.450 e. The van der Waals surface area contributed by atoms with E-state index in [0.29, 0.717) is 6.61 Å². The highest BCUT2D eigenvalue weighted by Crippen LogP contribution is 1.99. The number of amides is 1. The van der Waals surface area contributed by atoms with Crippen molar-refractivity contribution < 1.29 is 9.53 Å². The summed E-state index contributed by atoms with van der Waals surface area (Å²) in [6, 6.07) is 1.51. The molecule has 0 aromatic rings. The van der Waals surface area contributed by atoms with Crippen LogP contribution in [0.25, 0.3) is 0 Å². The summed E-state index contributed by atoms with van der Waals surface area (Å²) in [6.45, 7) is 5.76. The lowest BCUT2D eigenvalue weighted by molar-refractivity contribution is 0.148. The van der Waals surface area contributed by atoms with E-state index in [-0.39, 0.29) is 5.92 Å². The number of rotatable bonds is 3. The van der Waals surface area contributed by atoms with Crippen LogP contribution in [0.15, 0.2) is 0 Å². The zero-order valence-corrected chi connectivity index (χ0v) is 7.63. The summed E-state index contributed by atoms with van der Waals surface area (Å²) >= 11 is 0. The lowest BCUT2D eigenvalue weighted by atomic mass is 10.1. The van der Waals surface area contributed by atoms with E-state index in [9.17, 15) is 4.79 Å². The Bertz CT molecular complexity index is 184. The molecular weight excluding hydrogens is 156 g/mol. The number of nitrogens with one attached hydrogen (secondary N) is 1.